The number of aliphatic hydroxyl groups excluding tert-OH is 10. The van der Waals surface area contributed by atoms with Gasteiger partial charge in [-0.3, -0.25) is 0 Å². The molecule has 3 heterocycles. The quantitative estimate of drug-likeness (QED) is 0.0711. The van der Waals surface area contributed by atoms with Gasteiger partial charge in [0.1, 0.15) is 73.2 Å². The normalized spacial score (nSPS) is 44.0. The molecule has 6 unspecified atom stereocenters. The second-order valence-electron chi connectivity index (χ2n) is 10.9. The maximum absolute atomic E-state index is 10.8. The van der Waals surface area contributed by atoms with Crippen LogP contribution in [0.1, 0.15) is 32.6 Å². The van der Waals surface area contributed by atoms with Gasteiger partial charge in [-0.2, -0.15) is 11.8 Å². The molecule has 0 aromatic carbocycles. The van der Waals surface area contributed by atoms with Crippen LogP contribution in [-0.2, 0) is 28.4 Å². The Morgan fingerprint density at radius 1 is 0.535 bits per heavy atom. The first-order valence-electron chi connectivity index (χ1n) is 14.6. The number of aliphatic hydroxyl groups is 10. The topological polar surface area (TPSA) is 258 Å². The Hall–Kier alpha value is -0.290. The summed E-state index contributed by atoms with van der Waals surface area (Å²) >= 11 is 1.85. The van der Waals surface area contributed by atoms with Crippen LogP contribution in [0.15, 0.2) is 0 Å². The summed E-state index contributed by atoms with van der Waals surface area (Å²) in [6.07, 6.45) is -20.0. The Morgan fingerprint density at radius 2 is 1.00 bits per heavy atom. The molecule has 0 spiro atoms. The highest BCUT2D eigenvalue weighted by atomic mass is 32.2. The van der Waals surface area contributed by atoms with Gasteiger partial charge >= 0.3 is 0 Å². The predicted molar refractivity (Wildman–Crippen MR) is 146 cm³/mol. The summed E-state index contributed by atoms with van der Waals surface area (Å²) in [4.78, 5) is 0. The van der Waals surface area contributed by atoms with E-state index in [4.69, 9.17) is 28.4 Å². The average molecular weight is 649 g/mol. The van der Waals surface area contributed by atoms with Gasteiger partial charge < -0.3 is 79.5 Å². The second kappa shape index (κ2) is 18.2. The first kappa shape index (κ1) is 37.2. The third-order valence-corrected chi connectivity index (χ3v) is 8.83. The average Bonchev–Trinajstić information content (AvgIpc) is 3.01. The zero-order chi connectivity index (χ0) is 31.7. The molecule has 43 heavy (non-hydrogen) atoms. The molecule has 3 saturated heterocycles. The largest absolute Gasteiger partial charge is 0.394 e. The van der Waals surface area contributed by atoms with Gasteiger partial charge in [-0.05, 0) is 30.8 Å². The smallest absolute Gasteiger partial charge is 0.187 e. The zero-order valence-corrected chi connectivity index (χ0v) is 24.9. The van der Waals surface area contributed by atoms with Gasteiger partial charge in [0.25, 0.3) is 0 Å². The first-order chi connectivity index (χ1) is 20.6. The number of ether oxygens (including phenoxy) is 6. The van der Waals surface area contributed by atoms with E-state index in [1.807, 2.05) is 11.8 Å². The number of thioether (sulfide) groups is 1. The summed E-state index contributed by atoms with van der Waals surface area (Å²) in [5.74, 6) is 2.06. The highest BCUT2D eigenvalue weighted by molar-refractivity contribution is 7.99. The van der Waals surface area contributed by atoms with Crippen molar-refractivity contribution in [1.82, 2.24) is 0 Å². The number of unbranched alkanes of at least 4 members (excludes halogenated alkanes) is 2. The van der Waals surface area contributed by atoms with Crippen molar-refractivity contribution < 1.29 is 79.5 Å². The first-order valence-corrected chi connectivity index (χ1v) is 15.8. The molecule has 0 aliphatic carbocycles. The summed E-state index contributed by atoms with van der Waals surface area (Å²) in [5, 5.41) is 102. The lowest BCUT2D eigenvalue weighted by Gasteiger charge is -2.48. The van der Waals surface area contributed by atoms with E-state index in [9.17, 15) is 51.1 Å². The van der Waals surface area contributed by atoms with Crippen molar-refractivity contribution in [2.45, 2.75) is 125 Å². The van der Waals surface area contributed by atoms with E-state index in [0.717, 1.165) is 30.8 Å². The Morgan fingerprint density at radius 3 is 1.53 bits per heavy atom. The van der Waals surface area contributed by atoms with E-state index in [1.54, 1.807) is 0 Å². The SMILES string of the molecule is CCCCSCCCCO[C@@H]1OC(CO)[C@@H](O[C@@H]2OC(CO)[C@@H](O[C@@H]3OC(CO)[C@@H](O)[C@H](O)C3O)[C@H](O)C2O)[C@H](O)C1O. The molecule has 3 rings (SSSR count). The Bertz CT molecular complexity index is 779. The number of rotatable bonds is 16. The fraction of sp³-hybridized carbons (Fsp3) is 1.00. The van der Waals surface area contributed by atoms with Gasteiger partial charge in [0.05, 0.1) is 19.8 Å². The van der Waals surface area contributed by atoms with Gasteiger partial charge in [0.15, 0.2) is 18.9 Å². The van der Waals surface area contributed by atoms with E-state index >= 15 is 0 Å². The molecule has 0 bridgehead atoms. The summed E-state index contributed by atoms with van der Waals surface area (Å²) in [7, 11) is 0. The molecule has 0 saturated carbocycles. The molecule has 3 aliphatic rings. The molecule has 0 amide bonds. The van der Waals surface area contributed by atoms with E-state index in [-0.39, 0.29) is 6.61 Å². The van der Waals surface area contributed by atoms with Crippen molar-refractivity contribution in [2.75, 3.05) is 37.9 Å². The maximum atomic E-state index is 10.8. The fourth-order valence-electron chi connectivity index (χ4n) is 5.04. The summed E-state index contributed by atoms with van der Waals surface area (Å²) in [6, 6.07) is 0. The number of hydrogen-bond donors (Lipinski definition) is 10. The van der Waals surface area contributed by atoms with Gasteiger partial charge in [0, 0.05) is 6.61 Å². The Balaban J connectivity index is 1.57. The van der Waals surface area contributed by atoms with Crippen molar-refractivity contribution in [1.29, 1.82) is 0 Å². The van der Waals surface area contributed by atoms with Crippen molar-refractivity contribution in [3.8, 4) is 0 Å². The van der Waals surface area contributed by atoms with E-state index in [0.29, 0.717) is 6.42 Å². The van der Waals surface area contributed by atoms with E-state index < -0.39 is 112 Å². The molecule has 3 fully saturated rings. The highest BCUT2D eigenvalue weighted by Gasteiger charge is 2.53. The fourth-order valence-corrected chi connectivity index (χ4v) is 6.14. The second-order valence-corrected chi connectivity index (χ2v) is 12.1. The molecule has 17 heteroatoms. The van der Waals surface area contributed by atoms with Crippen LogP contribution in [0.2, 0.25) is 0 Å². The van der Waals surface area contributed by atoms with Crippen molar-refractivity contribution in [3.63, 3.8) is 0 Å². The maximum Gasteiger partial charge on any atom is 0.187 e. The zero-order valence-electron chi connectivity index (χ0n) is 24.1. The lowest BCUT2D eigenvalue weighted by atomic mass is 9.96. The van der Waals surface area contributed by atoms with Crippen molar-refractivity contribution in [3.05, 3.63) is 0 Å². The molecule has 0 aromatic heterocycles. The van der Waals surface area contributed by atoms with Crippen LogP contribution >= 0.6 is 11.8 Å². The van der Waals surface area contributed by atoms with Crippen molar-refractivity contribution >= 4 is 11.8 Å². The van der Waals surface area contributed by atoms with Crippen LogP contribution in [0.3, 0.4) is 0 Å². The standard InChI is InChI=1S/C26H48O16S/c1-2-3-7-43-8-5-4-6-37-24-20(35)17(32)22(13(10-28)39-24)42-26-21(36)18(33)23(14(11-29)40-26)41-25-19(34)16(31)15(30)12(9-27)38-25/h12-36H,2-11H2,1H3/t12?,13?,14?,15-,16+,17-,18-,19?,20?,21?,22-,23-,24-,25+,26+/m1/s1. The van der Waals surface area contributed by atoms with Crippen LogP contribution in [0.5, 0.6) is 0 Å². The minimum atomic E-state index is -1.88. The molecule has 10 N–H and O–H groups in total. The van der Waals surface area contributed by atoms with Crippen LogP contribution in [0.4, 0.5) is 0 Å². The van der Waals surface area contributed by atoms with Gasteiger partial charge in [-0.15, -0.1) is 0 Å². The van der Waals surface area contributed by atoms with E-state index in [1.165, 1.54) is 0 Å². The summed E-state index contributed by atoms with van der Waals surface area (Å²) in [6.45, 7) is 0.185. The molecule has 254 valence electrons. The minimum absolute atomic E-state index is 0.247. The summed E-state index contributed by atoms with van der Waals surface area (Å²) in [5.41, 5.74) is 0. The van der Waals surface area contributed by atoms with Crippen molar-refractivity contribution in [2.24, 2.45) is 0 Å². The molecular weight excluding hydrogens is 600 g/mol. The number of hydrogen-bond acceptors (Lipinski definition) is 17. The van der Waals surface area contributed by atoms with Gasteiger partial charge in [-0.25, -0.2) is 0 Å². The third kappa shape index (κ3) is 9.39. The molecule has 16 nitrogen and oxygen atoms in total. The predicted octanol–water partition coefficient (Wildman–Crippen LogP) is -4.24. The highest BCUT2D eigenvalue weighted by Crippen LogP contribution is 2.32. The molecule has 3 aliphatic heterocycles. The van der Waals surface area contributed by atoms with Gasteiger partial charge in [0.2, 0.25) is 0 Å². The Kier molecular flexibility index (Phi) is 15.7. The Labute approximate surface area is 254 Å². The molecule has 0 radical (unpaired) electrons. The summed E-state index contributed by atoms with van der Waals surface area (Å²) < 4.78 is 33.2. The lowest BCUT2D eigenvalue weighted by molar-refractivity contribution is -0.379. The molecule has 0 aromatic rings. The molecule has 15 atom stereocenters. The van der Waals surface area contributed by atoms with Crippen LogP contribution < -0.4 is 0 Å². The van der Waals surface area contributed by atoms with E-state index in [2.05, 4.69) is 6.92 Å². The van der Waals surface area contributed by atoms with Gasteiger partial charge in [-0.1, -0.05) is 13.3 Å². The van der Waals surface area contributed by atoms with Crippen LogP contribution in [0.25, 0.3) is 0 Å². The monoisotopic (exact) mass is 648 g/mol. The van der Waals surface area contributed by atoms with Crippen LogP contribution in [-0.4, -0.2) is 181 Å². The third-order valence-electron chi connectivity index (χ3n) is 7.68. The lowest BCUT2D eigenvalue weighted by Crippen LogP contribution is -2.66. The van der Waals surface area contributed by atoms with Crippen LogP contribution in [0, 0.1) is 0 Å². The molecular formula is C26H48O16S. The minimum Gasteiger partial charge on any atom is -0.394 e.